The number of benzene rings is 2. The van der Waals surface area contributed by atoms with Gasteiger partial charge in [0.1, 0.15) is 5.75 Å². The molecule has 164 valence electrons. The second-order valence-electron chi connectivity index (χ2n) is 7.46. The monoisotopic (exact) mass is 432 g/mol. The van der Waals surface area contributed by atoms with E-state index in [0.29, 0.717) is 13.1 Å². The summed E-state index contributed by atoms with van der Waals surface area (Å²) >= 11 is 0. The summed E-state index contributed by atoms with van der Waals surface area (Å²) in [6, 6.07) is 10.4. The number of aryl methyl sites for hydroxylation is 3. The molecular formula is C23H32N2O4S. The van der Waals surface area contributed by atoms with Gasteiger partial charge in [-0.3, -0.25) is 4.79 Å². The van der Waals surface area contributed by atoms with E-state index in [4.69, 9.17) is 4.74 Å². The Labute approximate surface area is 180 Å². The summed E-state index contributed by atoms with van der Waals surface area (Å²) in [6.07, 6.45) is 0. The zero-order valence-electron chi connectivity index (χ0n) is 18.7. The molecule has 0 spiro atoms. The van der Waals surface area contributed by atoms with E-state index in [1.807, 2.05) is 53.7 Å². The molecule has 0 heterocycles. The van der Waals surface area contributed by atoms with Gasteiger partial charge in [-0.25, -0.2) is 8.42 Å². The first-order valence-electron chi connectivity index (χ1n) is 10.2. The van der Waals surface area contributed by atoms with Crippen molar-refractivity contribution in [2.45, 2.75) is 52.5 Å². The number of nitrogens with zero attached hydrogens (tertiary/aromatic N) is 1. The van der Waals surface area contributed by atoms with Crippen molar-refractivity contribution in [1.29, 1.82) is 0 Å². The standard InChI is InChI=1S/C23H32N2O4S/c1-7-25(8-2)30(27,28)21-11-9-20(10-12-21)19(6)24-22(26)15-29-23-17(4)13-16(3)14-18(23)5/h9-14,19H,7-8,15H2,1-6H3,(H,24,26). The van der Waals surface area contributed by atoms with Gasteiger partial charge in [-0.15, -0.1) is 0 Å². The Morgan fingerprint density at radius 3 is 2.07 bits per heavy atom. The lowest BCUT2D eigenvalue weighted by molar-refractivity contribution is -0.123. The van der Waals surface area contributed by atoms with Crippen LogP contribution in [0.3, 0.4) is 0 Å². The molecule has 1 atom stereocenters. The van der Waals surface area contributed by atoms with Gasteiger partial charge in [-0.2, -0.15) is 4.31 Å². The van der Waals surface area contributed by atoms with Gasteiger partial charge in [-0.05, 0) is 56.5 Å². The molecule has 1 N–H and O–H groups in total. The van der Waals surface area contributed by atoms with Crippen molar-refractivity contribution in [3.63, 3.8) is 0 Å². The zero-order chi connectivity index (χ0) is 22.5. The lowest BCUT2D eigenvalue weighted by atomic mass is 10.1. The zero-order valence-corrected chi connectivity index (χ0v) is 19.5. The van der Waals surface area contributed by atoms with Gasteiger partial charge in [0.2, 0.25) is 10.0 Å². The molecule has 1 unspecified atom stereocenters. The summed E-state index contributed by atoms with van der Waals surface area (Å²) in [5.41, 5.74) is 3.98. The summed E-state index contributed by atoms with van der Waals surface area (Å²) < 4.78 is 32.3. The first kappa shape index (κ1) is 23.9. The molecule has 7 heteroatoms. The fraction of sp³-hybridized carbons (Fsp3) is 0.435. The molecule has 1 amide bonds. The first-order chi connectivity index (χ1) is 14.1. The molecule has 0 fully saturated rings. The van der Waals surface area contributed by atoms with Crippen LogP contribution >= 0.6 is 0 Å². The van der Waals surface area contributed by atoms with E-state index in [2.05, 4.69) is 5.32 Å². The van der Waals surface area contributed by atoms with Crippen molar-refractivity contribution in [3.05, 3.63) is 58.7 Å². The van der Waals surface area contributed by atoms with Crippen LogP contribution in [0.1, 0.15) is 49.1 Å². The van der Waals surface area contributed by atoms with E-state index >= 15 is 0 Å². The number of nitrogens with one attached hydrogen (secondary N) is 1. The largest absolute Gasteiger partial charge is 0.483 e. The number of rotatable bonds is 9. The lowest BCUT2D eigenvalue weighted by Gasteiger charge is -2.19. The highest BCUT2D eigenvalue weighted by Gasteiger charge is 2.21. The van der Waals surface area contributed by atoms with Crippen LogP contribution in [-0.4, -0.2) is 38.3 Å². The van der Waals surface area contributed by atoms with Gasteiger partial charge in [-0.1, -0.05) is 43.7 Å². The topological polar surface area (TPSA) is 75.7 Å². The summed E-state index contributed by atoms with van der Waals surface area (Å²) in [7, 11) is -3.49. The van der Waals surface area contributed by atoms with Crippen LogP contribution in [-0.2, 0) is 14.8 Å². The van der Waals surface area contributed by atoms with Gasteiger partial charge >= 0.3 is 0 Å². The number of carbonyl (C=O) groups is 1. The SMILES string of the molecule is CCN(CC)S(=O)(=O)c1ccc(C(C)NC(=O)COc2c(C)cc(C)cc2C)cc1. The van der Waals surface area contributed by atoms with Crippen LogP contribution in [0.15, 0.2) is 41.3 Å². The van der Waals surface area contributed by atoms with E-state index < -0.39 is 10.0 Å². The van der Waals surface area contributed by atoms with E-state index in [9.17, 15) is 13.2 Å². The van der Waals surface area contributed by atoms with Crippen molar-refractivity contribution in [1.82, 2.24) is 9.62 Å². The van der Waals surface area contributed by atoms with Crippen LogP contribution in [0.5, 0.6) is 5.75 Å². The number of amides is 1. The average Bonchev–Trinajstić information content (AvgIpc) is 2.68. The van der Waals surface area contributed by atoms with Crippen molar-refractivity contribution in [3.8, 4) is 5.75 Å². The van der Waals surface area contributed by atoms with Crippen LogP contribution in [0.2, 0.25) is 0 Å². The third-order valence-corrected chi connectivity index (χ3v) is 7.12. The number of sulfonamides is 1. The third kappa shape index (κ3) is 5.61. The number of carbonyl (C=O) groups excluding carboxylic acids is 1. The predicted octanol–water partition coefficient (Wildman–Crippen LogP) is 3.90. The second kappa shape index (κ2) is 10.1. The predicted molar refractivity (Wildman–Crippen MR) is 119 cm³/mol. The van der Waals surface area contributed by atoms with Gasteiger partial charge in [0.15, 0.2) is 6.61 Å². The molecule has 0 saturated heterocycles. The molecule has 0 aliphatic heterocycles. The molecule has 2 aromatic carbocycles. The Bertz CT molecular complexity index is 958. The van der Waals surface area contributed by atoms with Gasteiger partial charge in [0.05, 0.1) is 10.9 Å². The molecule has 0 aromatic heterocycles. The first-order valence-corrected chi connectivity index (χ1v) is 11.6. The molecule has 30 heavy (non-hydrogen) atoms. The summed E-state index contributed by atoms with van der Waals surface area (Å²) in [5.74, 6) is 0.496. The van der Waals surface area contributed by atoms with Gasteiger partial charge in [0, 0.05) is 13.1 Å². The minimum atomic E-state index is -3.49. The minimum absolute atomic E-state index is 0.0799. The Hall–Kier alpha value is -2.38. The number of hydrogen-bond acceptors (Lipinski definition) is 4. The van der Waals surface area contributed by atoms with E-state index in [1.54, 1.807) is 24.3 Å². The Kier molecular flexibility index (Phi) is 8.03. The molecule has 0 radical (unpaired) electrons. The highest BCUT2D eigenvalue weighted by Crippen LogP contribution is 2.24. The number of ether oxygens (including phenoxy) is 1. The van der Waals surface area contributed by atoms with Crippen molar-refractivity contribution in [2.24, 2.45) is 0 Å². The van der Waals surface area contributed by atoms with Crippen LogP contribution in [0.25, 0.3) is 0 Å². The molecular weight excluding hydrogens is 400 g/mol. The van der Waals surface area contributed by atoms with Crippen LogP contribution in [0.4, 0.5) is 0 Å². The van der Waals surface area contributed by atoms with Gasteiger partial charge in [0.25, 0.3) is 5.91 Å². The normalized spacial score (nSPS) is 12.6. The Morgan fingerprint density at radius 2 is 1.57 bits per heavy atom. The summed E-state index contributed by atoms with van der Waals surface area (Å²) in [6.45, 7) is 12.2. The molecule has 2 rings (SSSR count). The fourth-order valence-corrected chi connectivity index (χ4v) is 5.00. The van der Waals surface area contributed by atoms with E-state index in [1.165, 1.54) is 4.31 Å². The molecule has 0 saturated carbocycles. The maximum atomic E-state index is 12.6. The molecule has 2 aromatic rings. The van der Waals surface area contributed by atoms with E-state index in [0.717, 1.165) is 28.0 Å². The highest BCUT2D eigenvalue weighted by atomic mass is 32.2. The van der Waals surface area contributed by atoms with Crippen molar-refractivity contribution >= 4 is 15.9 Å². The van der Waals surface area contributed by atoms with Crippen LogP contribution < -0.4 is 10.1 Å². The quantitative estimate of drug-likeness (QED) is 0.652. The van der Waals surface area contributed by atoms with E-state index in [-0.39, 0.29) is 23.5 Å². The van der Waals surface area contributed by atoms with Crippen LogP contribution in [0, 0.1) is 20.8 Å². The Balaban J connectivity index is 2.01. The van der Waals surface area contributed by atoms with Gasteiger partial charge < -0.3 is 10.1 Å². The number of hydrogen-bond donors (Lipinski definition) is 1. The molecule has 0 aliphatic carbocycles. The fourth-order valence-electron chi connectivity index (χ4n) is 3.54. The minimum Gasteiger partial charge on any atom is -0.483 e. The third-order valence-electron chi connectivity index (χ3n) is 5.05. The second-order valence-corrected chi connectivity index (χ2v) is 9.40. The average molecular weight is 433 g/mol. The summed E-state index contributed by atoms with van der Waals surface area (Å²) in [5, 5.41) is 2.90. The molecule has 0 bridgehead atoms. The lowest BCUT2D eigenvalue weighted by Crippen LogP contribution is -2.32. The van der Waals surface area contributed by atoms with Crippen molar-refractivity contribution in [2.75, 3.05) is 19.7 Å². The highest BCUT2D eigenvalue weighted by molar-refractivity contribution is 7.89. The summed E-state index contributed by atoms with van der Waals surface area (Å²) in [4.78, 5) is 12.6. The maximum Gasteiger partial charge on any atom is 0.258 e. The smallest absolute Gasteiger partial charge is 0.258 e. The molecule has 6 nitrogen and oxygen atoms in total. The Morgan fingerprint density at radius 1 is 1.03 bits per heavy atom. The molecule has 0 aliphatic rings. The maximum absolute atomic E-state index is 12.6. The van der Waals surface area contributed by atoms with Crippen molar-refractivity contribution < 1.29 is 17.9 Å².